The Morgan fingerprint density at radius 1 is 1.44 bits per heavy atom. The standard InChI is InChI=1S/C14H27N3O/c1-7-18-13(14(3,4)5)12(15)9-11-8-10(2)16-17(11)6/h8,12-13H,7,9,15H2,1-6H3. The summed E-state index contributed by atoms with van der Waals surface area (Å²) in [4.78, 5) is 0. The third kappa shape index (κ3) is 3.82. The summed E-state index contributed by atoms with van der Waals surface area (Å²) in [5.41, 5.74) is 8.57. The van der Waals surface area contributed by atoms with Crippen molar-refractivity contribution in [3.05, 3.63) is 17.5 Å². The molecular formula is C14H27N3O. The molecule has 1 aromatic heterocycles. The summed E-state index contributed by atoms with van der Waals surface area (Å²) in [5.74, 6) is 0. The third-order valence-corrected chi connectivity index (χ3v) is 3.13. The Morgan fingerprint density at radius 3 is 2.44 bits per heavy atom. The van der Waals surface area contributed by atoms with Crippen LogP contribution in [0.2, 0.25) is 0 Å². The molecular weight excluding hydrogens is 226 g/mol. The lowest BCUT2D eigenvalue weighted by atomic mass is 9.83. The van der Waals surface area contributed by atoms with Crippen LogP contribution in [0.15, 0.2) is 6.07 Å². The highest BCUT2D eigenvalue weighted by Crippen LogP contribution is 2.25. The van der Waals surface area contributed by atoms with Crippen molar-refractivity contribution in [1.82, 2.24) is 9.78 Å². The van der Waals surface area contributed by atoms with Crippen LogP contribution < -0.4 is 5.73 Å². The van der Waals surface area contributed by atoms with Gasteiger partial charge in [0.05, 0.1) is 11.8 Å². The fraction of sp³-hybridized carbons (Fsp3) is 0.786. The summed E-state index contributed by atoms with van der Waals surface area (Å²) in [7, 11) is 1.96. The topological polar surface area (TPSA) is 53.1 Å². The summed E-state index contributed by atoms with van der Waals surface area (Å²) in [5, 5.41) is 4.35. The minimum absolute atomic E-state index is 0.0141. The van der Waals surface area contributed by atoms with Crippen molar-refractivity contribution in [3.8, 4) is 0 Å². The summed E-state index contributed by atoms with van der Waals surface area (Å²) in [6, 6.07) is 2.07. The zero-order valence-corrected chi connectivity index (χ0v) is 12.5. The van der Waals surface area contributed by atoms with Gasteiger partial charge in [-0.2, -0.15) is 5.10 Å². The average molecular weight is 253 g/mol. The van der Waals surface area contributed by atoms with Crippen LogP contribution in [0.3, 0.4) is 0 Å². The second-order valence-corrected chi connectivity index (χ2v) is 6.01. The van der Waals surface area contributed by atoms with Crippen molar-refractivity contribution in [1.29, 1.82) is 0 Å². The van der Waals surface area contributed by atoms with Gasteiger partial charge in [0.15, 0.2) is 0 Å². The summed E-state index contributed by atoms with van der Waals surface area (Å²) in [6.07, 6.45) is 0.844. The van der Waals surface area contributed by atoms with E-state index in [9.17, 15) is 0 Å². The van der Waals surface area contributed by atoms with Gasteiger partial charge in [0.1, 0.15) is 0 Å². The molecule has 1 heterocycles. The Bertz CT molecular complexity index is 379. The molecule has 0 saturated heterocycles. The number of rotatable bonds is 5. The van der Waals surface area contributed by atoms with E-state index < -0.39 is 0 Å². The van der Waals surface area contributed by atoms with Crippen LogP contribution in [-0.4, -0.2) is 28.5 Å². The van der Waals surface area contributed by atoms with Gasteiger partial charge in [-0.3, -0.25) is 4.68 Å². The Balaban J connectivity index is 2.78. The van der Waals surface area contributed by atoms with Gasteiger partial charge in [-0.25, -0.2) is 0 Å². The molecule has 2 atom stereocenters. The molecule has 0 aliphatic heterocycles. The average Bonchev–Trinajstić information content (AvgIpc) is 2.52. The number of nitrogens with zero attached hydrogens (tertiary/aromatic N) is 2. The van der Waals surface area contributed by atoms with E-state index in [0.29, 0.717) is 6.61 Å². The van der Waals surface area contributed by atoms with Crippen LogP contribution in [0.5, 0.6) is 0 Å². The number of aromatic nitrogens is 2. The predicted octanol–water partition coefficient (Wildman–Crippen LogP) is 2.05. The fourth-order valence-electron chi connectivity index (χ4n) is 2.40. The summed E-state index contributed by atoms with van der Waals surface area (Å²) < 4.78 is 7.74. The van der Waals surface area contributed by atoms with Gasteiger partial charge in [-0.05, 0) is 25.3 Å². The van der Waals surface area contributed by atoms with Gasteiger partial charge < -0.3 is 10.5 Å². The number of ether oxygens (including phenoxy) is 1. The SMILES string of the molecule is CCOC(C(N)Cc1cc(C)nn1C)C(C)(C)C. The normalized spacial score (nSPS) is 15.7. The predicted molar refractivity (Wildman–Crippen MR) is 74.5 cm³/mol. The molecule has 0 amide bonds. The van der Waals surface area contributed by atoms with Gasteiger partial charge in [0.25, 0.3) is 0 Å². The molecule has 18 heavy (non-hydrogen) atoms. The van der Waals surface area contributed by atoms with E-state index in [1.807, 2.05) is 25.6 Å². The van der Waals surface area contributed by atoms with Crippen LogP contribution in [0.1, 0.15) is 39.1 Å². The van der Waals surface area contributed by atoms with Gasteiger partial charge in [0.2, 0.25) is 0 Å². The maximum absolute atomic E-state index is 6.33. The van der Waals surface area contributed by atoms with Crippen LogP contribution in [-0.2, 0) is 18.2 Å². The van der Waals surface area contributed by atoms with Crippen molar-refractivity contribution in [2.24, 2.45) is 18.2 Å². The highest BCUT2D eigenvalue weighted by Gasteiger charge is 2.31. The first kappa shape index (κ1) is 15.2. The van der Waals surface area contributed by atoms with Crippen molar-refractivity contribution in [2.45, 2.75) is 53.2 Å². The molecule has 0 aromatic carbocycles. The van der Waals surface area contributed by atoms with Crippen LogP contribution in [0, 0.1) is 12.3 Å². The molecule has 0 aliphatic rings. The van der Waals surface area contributed by atoms with Gasteiger partial charge in [-0.1, -0.05) is 20.8 Å². The van der Waals surface area contributed by atoms with Gasteiger partial charge in [0, 0.05) is 31.8 Å². The lowest BCUT2D eigenvalue weighted by Gasteiger charge is -2.35. The molecule has 4 heteroatoms. The molecule has 0 saturated carbocycles. The summed E-state index contributed by atoms with van der Waals surface area (Å²) in [6.45, 7) is 11.2. The lowest BCUT2D eigenvalue weighted by molar-refractivity contribution is -0.0277. The van der Waals surface area contributed by atoms with E-state index >= 15 is 0 Å². The Labute approximate surface area is 111 Å². The van der Waals surface area contributed by atoms with E-state index in [4.69, 9.17) is 10.5 Å². The number of nitrogens with two attached hydrogens (primary N) is 1. The van der Waals surface area contributed by atoms with Gasteiger partial charge in [-0.15, -0.1) is 0 Å². The van der Waals surface area contributed by atoms with Crippen LogP contribution in [0.25, 0.3) is 0 Å². The highest BCUT2D eigenvalue weighted by molar-refractivity contribution is 5.10. The monoisotopic (exact) mass is 253 g/mol. The molecule has 0 bridgehead atoms. The summed E-state index contributed by atoms with van der Waals surface area (Å²) >= 11 is 0. The van der Waals surface area contributed by atoms with E-state index in [0.717, 1.165) is 17.8 Å². The molecule has 4 nitrogen and oxygen atoms in total. The van der Waals surface area contributed by atoms with E-state index in [-0.39, 0.29) is 17.6 Å². The number of hydrogen-bond donors (Lipinski definition) is 1. The van der Waals surface area contributed by atoms with Crippen molar-refractivity contribution < 1.29 is 4.74 Å². The second-order valence-electron chi connectivity index (χ2n) is 6.01. The molecule has 104 valence electrons. The Kier molecular flexibility index (Phi) is 4.93. The first-order chi connectivity index (χ1) is 8.25. The van der Waals surface area contributed by atoms with Crippen LogP contribution >= 0.6 is 0 Å². The van der Waals surface area contributed by atoms with E-state index in [1.54, 1.807) is 0 Å². The molecule has 0 spiro atoms. The van der Waals surface area contributed by atoms with Crippen molar-refractivity contribution in [3.63, 3.8) is 0 Å². The minimum Gasteiger partial charge on any atom is -0.376 e. The molecule has 1 aromatic rings. The number of hydrogen-bond acceptors (Lipinski definition) is 3. The minimum atomic E-state index is -0.0141. The molecule has 2 unspecified atom stereocenters. The lowest BCUT2D eigenvalue weighted by Crippen LogP contribution is -2.46. The molecule has 1 rings (SSSR count). The first-order valence-electron chi connectivity index (χ1n) is 6.62. The van der Waals surface area contributed by atoms with Gasteiger partial charge >= 0.3 is 0 Å². The zero-order valence-electron chi connectivity index (χ0n) is 12.5. The highest BCUT2D eigenvalue weighted by atomic mass is 16.5. The molecule has 2 N–H and O–H groups in total. The smallest absolute Gasteiger partial charge is 0.0777 e. The second kappa shape index (κ2) is 5.85. The largest absolute Gasteiger partial charge is 0.376 e. The van der Waals surface area contributed by atoms with Crippen molar-refractivity contribution in [2.75, 3.05) is 6.61 Å². The Hall–Kier alpha value is -0.870. The van der Waals surface area contributed by atoms with E-state index in [2.05, 4.69) is 31.9 Å². The van der Waals surface area contributed by atoms with E-state index in [1.165, 1.54) is 0 Å². The zero-order chi connectivity index (χ0) is 13.9. The maximum Gasteiger partial charge on any atom is 0.0777 e. The maximum atomic E-state index is 6.33. The molecule has 0 aliphatic carbocycles. The molecule has 0 radical (unpaired) electrons. The van der Waals surface area contributed by atoms with Crippen LogP contribution in [0.4, 0.5) is 0 Å². The Morgan fingerprint density at radius 2 is 2.06 bits per heavy atom. The van der Waals surface area contributed by atoms with Crippen molar-refractivity contribution >= 4 is 0 Å². The fourth-order valence-corrected chi connectivity index (χ4v) is 2.40. The number of aryl methyl sites for hydroxylation is 2. The molecule has 0 fully saturated rings. The third-order valence-electron chi connectivity index (χ3n) is 3.13. The quantitative estimate of drug-likeness (QED) is 0.874. The first-order valence-corrected chi connectivity index (χ1v) is 6.62.